The van der Waals surface area contributed by atoms with Crippen molar-refractivity contribution in [1.29, 1.82) is 0 Å². The number of benzene rings is 2. The van der Waals surface area contributed by atoms with E-state index in [2.05, 4.69) is 77.9 Å². The van der Waals surface area contributed by atoms with E-state index < -0.39 is 0 Å². The summed E-state index contributed by atoms with van der Waals surface area (Å²) in [4.78, 5) is 10.7. The Hall–Kier alpha value is -1.56. The fourth-order valence-corrected chi connectivity index (χ4v) is 4.89. The second-order valence-corrected chi connectivity index (χ2v) is 10.5. The van der Waals surface area contributed by atoms with E-state index in [-0.39, 0.29) is 20.4 Å². The Morgan fingerprint density at radius 3 is 1.13 bits per heavy atom. The van der Waals surface area contributed by atoms with Gasteiger partial charge in [0.05, 0.1) is 22.8 Å². The number of unbranched alkanes of at least 4 members (excludes halogenated alkanes) is 7. The molecule has 0 saturated carbocycles. The van der Waals surface area contributed by atoms with Crippen LogP contribution in [0.25, 0.3) is 0 Å². The fourth-order valence-electron chi connectivity index (χ4n) is 4.89. The van der Waals surface area contributed by atoms with Crippen LogP contribution >= 0.6 is 0 Å². The maximum Gasteiger partial charge on any atom is 0.0639 e. The summed E-state index contributed by atoms with van der Waals surface area (Å²) in [6.07, 6.45) is 17.6. The van der Waals surface area contributed by atoms with Gasteiger partial charge in [0.2, 0.25) is 0 Å². The van der Waals surface area contributed by atoms with Crippen LogP contribution in [-0.4, -0.2) is 11.4 Å². The Bertz CT molecular complexity index is 945. The fraction of sp³-hybridized carbons (Fsp3) is 0.600. The van der Waals surface area contributed by atoms with E-state index in [0.29, 0.717) is 0 Å². The molecule has 0 unspecified atom stereocenters. The Labute approximate surface area is 248 Å². The zero-order valence-corrected chi connectivity index (χ0v) is 26.8. The second-order valence-electron chi connectivity index (χ2n) is 10.5. The van der Waals surface area contributed by atoms with Crippen molar-refractivity contribution in [2.24, 2.45) is 9.98 Å². The standard InChI is InChI=1S/C35H54N2.Pd/c1-7-13-15-16-17-19-21-35(37-33-26-30(11-5)23-31(12-6)27-33)34(20-18-14-8-2)36-32-24-28(9-3)22-29(10-4)25-32;/h22-27H,7-21H2,1-6H3;. The van der Waals surface area contributed by atoms with Gasteiger partial charge in [-0.05, 0) is 97.9 Å². The molecular formula is C35H54N2Pd. The Morgan fingerprint density at radius 1 is 0.447 bits per heavy atom. The molecule has 0 amide bonds. The van der Waals surface area contributed by atoms with Gasteiger partial charge in [0.25, 0.3) is 0 Å². The van der Waals surface area contributed by atoms with Crippen molar-refractivity contribution in [2.75, 3.05) is 0 Å². The van der Waals surface area contributed by atoms with E-state index in [1.807, 2.05) is 0 Å². The zero-order chi connectivity index (χ0) is 26.9. The van der Waals surface area contributed by atoms with Crippen LogP contribution < -0.4 is 0 Å². The average Bonchev–Trinajstić information content (AvgIpc) is 2.93. The predicted octanol–water partition coefficient (Wildman–Crippen LogP) is 11.1. The molecule has 0 heterocycles. The Kier molecular flexibility index (Phi) is 18.5. The van der Waals surface area contributed by atoms with E-state index in [4.69, 9.17) is 9.98 Å². The molecule has 3 heteroatoms. The number of aliphatic imine (C=N–C) groups is 2. The summed E-state index contributed by atoms with van der Waals surface area (Å²) < 4.78 is 0. The molecule has 0 aliphatic heterocycles. The summed E-state index contributed by atoms with van der Waals surface area (Å²) >= 11 is 0. The van der Waals surface area contributed by atoms with Crippen LogP contribution in [0.15, 0.2) is 46.4 Å². The number of aryl methyl sites for hydroxylation is 4. The molecule has 0 fully saturated rings. The van der Waals surface area contributed by atoms with Crippen molar-refractivity contribution in [3.05, 3.63) is 58.7 Å². The van der Waals surface area contributed by atoms with E-state index >= 15 is 0 Å². The molecule has 0 N–H and O–H groups in total. The first-order chi connectivity index (χ1) is 18.1. The molecule has 0 aromatic heterocycles. The summed E-state index contributed by atoms with van der Waals surface area (Å²) in [7, 11) is 0. The summed E-state index contributed by atoms with van der Waals surface area (Å²) in [6.45, 7) is 13.5. The van der Waals surface area contributed by atoms with Crippen LogP contribution in [0, 0.1) is 0 Å². The Balaban J connectivity index is 0.00000722. The maximum absolute atomic E-state index is 5.36. The van der Waals surface area contributed by atoms with Crippen molar-refractivity contribution < 1.29 is 20.4 Å². The number of hydrogen-bond donors (Lipinski definition) is 0. The second kappa shape index (κ2) is 20.4. The van der Waals surface area contributed by atoms with Crippen LogP contribution in [0.3, 0.4) is 0 Å². The molecule has 38 heavy (non-hydrogen) atoms. The third-order valence-corrected chi connectivity index (χ3v) is 7.35. The maximum atomic E-state index is 5.36. The quantitative estimate of drug-likeness (QED) is 0.0913. The smallest absolute Gasteiger partial charge is 0.0639 e. The number of rotatable bonds is 18. The van der Waals surface area contributed by atoms with Crippen molar-refractivity contribution in [2.45, 2.75) is 138 Å². The van der Waals surface area contributed by atoms with Crippen LogP contribution in [0.2, 0.25) is 0 Å². The van der Waals surface area contributed by atoms with Crippen molar-refractivity contribution in [3.63, 3.8) is 0 Å². The van der Waals surface area contributed by atoms with E-state index in [1.54, 1.807) is 0 Å². The van der Waals surface area contributed by atoms with Gasteiger partial charge in [-0.2, -0.15) is 0 Å². The zero-order valence-electron chi connectivity index (χ0n) is 25.3. The van der Waals surface area contributed by atoms with Gasteiger partial charge in [-0.3, -0.25) is 9.98 Å². The van der Waals surface area contributed by atoms with Gasteiger partial charge in [-0.25, -0.2) is 0 Å². The minimum Gasteiger partial charge on any atom is -0.252 e. The summed E-state index contributed by atoms with van der Waals surface area (Å²) in [5.41, 5.74) is 10.1. The first kappa shape index (κ1) is 34.5. The third-order valence-electron chi connectivity index (χ3n) is 7.35. The van der Waals surface area contributed by atoms with E-state index in [0.717, 1.165) is 49.9 Å². The summed E-state index contributed by atoms with van der Waals surface area (Å²) in [6, 6.07) is 13.8. The molecule has 0 bridgehead atoms. The molecule has 0 aliphatic carbocycles. The molecule has 2 aromatic rings. The summed E-state index contributed by atoms with van der Waals surface area (Å²) in [5, 5.41) is 0. The first-order valence-corrected chi connectivity index (χ1v) is 15.5. The van der Waals surface area contributed by atoms with Gasteiger partial charge in [-0.1, -0.05) is 98.6 Å². The number of hydrogen-bond acceptors (Lipinski definition) is 2. The van der Waals surface area contributed by atoms with E-state index in [1.165, 1.54) is 91.5 Å². The minimum absolute atomic E-state index is 0. The van der Waals surface area contributed by atoms with Crippen LogP contribution in [0.4, 0.5) is 11.4 Å². The summed E-state index contributed by atoms with van der Waals surface area (Å²) in [5.74, 6) is 0. The van der Waals surface area contributed by atoms with Gasteiger partial charge in [0.1, 0.15) is 0 Å². The molecule has 0 radical (unpaired) electrons. The van der Waals surface area contributed by atoms with Gasteiger partial charge in [0.15, 0.2) is 0 Å². The number of nitrogens with zero attached hydrogens (tertiary/aromatic N) is 2. The van der Waals surface area contributed by atoms with E-state index in [9.17, 15) is 0 Å². The molecule has 0 saturated heterocycles. The molecule has 2 rings (SSSR count). The van der Waals surface area contributed by atoms with Crippen LogP contribution in [0.1, 0.15) is 134 Å². The monoisotopic (exact) mass is 608 g/mol. The molecule has 2 aromatic carbocycles. The van der Waals surface area contributed by atoms with Crippen molar-refractivity contribution >= 4 is 22.8 Å². The normalized spacial score (nSPS) is 12.1. The van der Waals surface area contributed by atoms with Gasteiger partial charge in [0, 0.05) is 20.4 Å². The van der Waals surface area contributed by atoms with Crippen molar-refractivity contribution in [3.8, 4) is 0 Å². The molecule has 214 valence electrons. The van der Waals surface area contributed by atoms with Crippen molar-refractivity contribution in [1.82, 2.24) is 0 Å². The predicted molar refractivity (Wildman–Crippen MR) is 167 cm³/mol. The largest absolute Gasteiger partial charge is 0.252 e. The third kappa shape index (κ3) is 12.5. The first-order valence-electron chi connectivity index (χ1n) is 15.5. The molecule has 0 spiro atoms. The average molecular weight is 609 g/mol. The van der Waals surface area contributed by atoms with Crippen LogP contribution in [0.5, 0.6) is 0 Å². The van der Waals surface area contributed by atoms with Crippen LogP contribution in [-0.2, 0) is 46.1 Å². The molecule has 0 atom stereocenters. The van der Waals surface area contributed by atoms with Gasteiger partial charge >= 0.3 is 0 Å². The molecular weight excluding hydrogens is 555 g/mol. The molecule has 2 nitrogen and oxygen atoms in total. The topological polar surface area (TPSA) is 24.7 Å². The molecule has 0 aliphatic rings. The van der Waals surface area contributed by atoms with Gasteiger partial charge < -0.3 is 0 Å². The SMILES string of the molecule is CCCCCCCCC(=Nc1cc(CC)cc(CC)c1)C(CCCCC)=Nc1cc(CC)cc(CC)c1.[Pd]. The Morgan fingerprint density at radius 2 is 0.763 bits per heavy atom. The van der Waals surface area contributed by atoms with Gasteiger partial charge in [-0.15, -0.1) is 0 Å². The minimum atomic E-state index is 0.